The van der Waals surface area contributed by atoms with Crippen molar-refractivity contribution in [2.24, 2.45) is 4.99 Å². The molecule has 0 radical (unpaired) electrons. The summed E-state index contributed by atoms with van der Waals surface area (Å²) in [7, 11) is 1.66. The number of halogens is 3. The lowest BCUT2D eigenvalue weighted by Gasteiger charge is -2.19. The number of nitrogens with one attached hydrogen (secondary N) is 2. The molecule has 0 amide bonds. The lowest BCUT2D eigenvalue weighted by Crippen LogP contribution is -2.44. The molecule has 1 fully saturated rings. The van der Waals surface area contributed by atoms with Crippen LogP contribution in [0.15, 0.2) is 35.3 Å². The van der Waals surface area contributed by atoms with Gasteiger partial charge in [0, 0.05) is 36.6 Å². The fraction of sp³-hybridized carbons (Fsp3) is 0.474. The van der Waals surface area contributed by atoms with Gasteiger partial charge in [-0.05, 0) is 13.3 Å². The van der Waals surface area contributed by atoms with Crippen LogP contribution in [0.25, 0.3) is 10.6 Å². The summed E-state index contributed by atoms with van der Waals surface area (Å²) in [6, 6.07) is 9.96. The Morgan fingerprint density at radius 2 is 2.07 bits per heavy atom. The second-order valence-electron chi connectivity index (χ2n) is 6.80. The molecule has 0 bridgehead atoms. The molecule has 1 aromatic carbocycles. The zero-order valence-electron chi connectivity index (χ0n) is 15.9. The first kappa shape index (κ1) is 20.6. The smallest absolute Gasteiger partial charge is 0.352 e. The number of alkyl halides is 3. The molecule has 0 saturated carbocycles. The number of benzene rings is 1. The Labute approximate surface area is 166 Å². The quantitative estimate of drug-likeness (QED) is 0.585. The Kier molecular flexibility index (Phi) is 6.56. The van der Waals surface area contributed by atoms with Gasteiger partial charge in [0.25, 0.3) is 0 Å². The van der Waals surface area contributed by atoms with Crippen molar-refractivity contribution in [3.05, 3.63) is 40.9 Å². The standard InChI is InChI=1S/C19H24F3N5S/c1-13-16(28-17(25-13)14-6-4-3-5-7-14)10-24-18(23-2)26-15-8-9-27(11-15)12-19(20,21)22/h3-7,15H,8-12H2,1-2H3,(H2,23,24,26). The number of rotatable bonds is 5. The first-order valence-corrected chi connectivity index (χ1v) is 9.93. The lowest BCUT2D eigenvalue weighted by molar-refractivity contribution is -0.143. The third-order valence-electron chi connectivity index (χ3n) is 4.57. The fourth-order valence-electron chi connectivity index (χ4n) is 3.20. The first-order chi connectivity index (χ1) is 13.3. The maximum atomic E-state index is 12.5. The van der Waals surface area contributed by atoms with E-state index in [4.69, 9.17) is 0 Å². The topological polar surface area (TPSA) is 52.6 Å². The second-order valence-corrected chi connectivity index (χ2v) is 7.88. The number of thiazole rings is 1. The van der Waals surface area contributed by atoms with Gasteiger partial charge in [0.15, 0.2) is 5.96 Å². The molecular weight excluding hydrogens is 387 g/mol. The molecule has 1 aliphatic heterocycles. The highest BCUT2D eigenvalue weighted by molar-refractivity contribution is 7.15. The highest BCUT2D eigenvalue weighted by Gasteiger charge is 2.34. The number of nitrogens with zero attached hydrogens (tertiary/aromatic N) is 3. The van der Waals surface area contributed by atoms with Crippen molar-refractivity contribution < 1.29 is 13.2 Å². The number of guanidine groups is 1. The summed E-state index contributed by atoms with van der Waals surface area (Å²) in [5.74, 6) is 0.591. The van der Waals surface area contributed by atoms with E-state index in [1.807, 2.05) is 37.3 Å². The maximum absolute atomic E-state index is 12.5. The Hall–Kier alpha value is -2.13. The minimum atomic E-state index is -4.16. The van der Waals surface area contributed by atoms with Crippen LogP contribution in [0.5, 0.6) is 0 Å². The van der Waals surface area contributed by atoms with Crippen LogP contribution in [-0.2, 0) is 6.54 Å². The lowest BCUT2D eigenvalue weighted by atomic mass is 10.2. The molecule has 1 saturated heterocycles. The van der Waals surface area contributed by atoms with E-state index in [0.29, 0.717) is 32.0 Å². The molecule has 152 valence electrons. The van der Waals surface area contributed by atoms with Crippen molar-refractivity contribution in [2.45, 2.75) is 32.1 Å². The van der Waals surface area contributed by atoms with E-state index in [-0.39, 0.29) is 6.04 Å². The zero-order chi connectivity index (χ0) is 20.1. The summed E-state index contributed by atoms with van der Waals surface area (Å²) >= 11 is 1.62. The molecule has 3 rings (SSSR count). The van der Waals surface area contributed by atoms with Crippen LogP contribution >= 0.6 is 11.3 Å². The highest BCUT2D eigenvalue weighted by atomic mass is 32.1. The van der Waals surface area contributed by atoms with E-state index in [9.17, 15) is 13.2 Å². The average Bonchev–Trinajstić information content (AvgIpc) is 3.24. The minimum Gasteiger partial charge on any atom is -0.352 e. The predicted molar refractivity (Wildman–Crippen MR) is 107 cm³/mol. The van der Waals surface area contributed by atoms with Crippen LogP contribution in [0.4, 0.5) is 13.2 Å². The molecule has 2 aromatic rings. The molecule has 0 spiro atoms. The molecule has 9 heteroatoms. The second kappa shape index (κ2) is 8.91. The normalized spacial score (nSPS) is 18.5. The Morgan fingerprint density at radius 3 is 2.75 bits per heavy atom. The maximum Gasteiger partial charge on any atom is 0.401 e. The largest absolute Gasteiger partial charge is 0.401 e. The van der Waals surface area contributed by atoms with Gasteiger partial charge in [0.05, 0.1) is 18.8 Å². The van der Waals surface area contributed by atoms with Gasteiger partial charge in [-0.25, -0.2) is 4.98 Å². The van der Waals surface area contributed by atoms with E-state index < -0.39 is 12.7 Å². The predicted octanol–water partition coefficient (Wildman–Crippen LogP) is 3.42. The van der Waals surface area contributed by atoms with E-state index >= 15 is 0 Å². The van der Waals surface area contributed by atoms with Gasteiger partial charge in [-0.15, -0.1) is 11.3 Å². The number of hydrogen-bond acceptors (Lipinski definition) is 4. The van der Waals surface area contributed by atoms with E-state index in [2.05, 4.69) is 20.6 Å². The van der Waals surface area contributed by atoms with E-state index in [0.717, 1.165) is 21.1 Å². The van der Waals surface area contributed by atoms with Crippen LogP contribution in [0.1, 0.15) is 17.0 Å². The van der Waals surface area contributed by atoms with Crippen molar-refractivity contribution in [1.29, 1.82) is 0 Å². The van der Waals surface area contributed by atoms with Gasteiger partial charge in [-0.2, -0.15) is 13.2 Å². The van der Waals surface area contributed by atoms with Crippen LogP contribution < -0.4 is 10.6 Å². The van der Waals surface area contributed by atoms with Crippen molar-refractivity contribution in [3.8, 4) is 10.6 Å². The third-order valence-corrected chi connectivity index (χ3v) is 5.78. The zero-order valence-corrected chi connectivity index (χ0v) is 16.7. The molecule has 1 atom stereocenters. The van der Waals surface area contributed by atoms with Crippen LogP contribution in [0, 0.1) is 6.92 Å². The van der Waals surface area contributed by atoms with Gasteiger partial charge in [-0.1, -0.05) is 30.3 Å². The summed E-state index contributed by atoms with van der Waals surface area (Å²) in [6.07, 6.45) is -3.50. The molecule has 1 unspecified atom stereocenters. The van der Waals surface area contributed by atoms with E-state index in [1.165, 1.54) is 4.90 Å². The Balaban J connectivity index is 1.53. The highest BCUT2D eigenvalue weighted by Crippen LogP contribution is 2.27. The number of aryl methyl sites for hydroxylation is 1. The van der Waals surface area contributed by atoms with Gasteiger partial charge in [-0.3, -0.25) is 9.89 Å². The summed E-state index contributed by atoms with van der Waals surface area (Å²) in [5, 5.41) is 7.44. The van der Waals surface area contributed by atoms with Crippen LogP contribution in [0.2, 0.25) is 0 Å². The Bertz CT molecular complexity index is 804. The molecular formula is C19H24F3N5S. The molecule has 0 aliphatic carbocycles. The van der Waals surface area contributed by atoms with Gasteiger partial charge in [0.2, 0.25) is 0 Å². The first-order valence-electron chi connectivity index (χ1n) is 9.12. The summed E-state index contributed by atoms with van der Waals surface area (Å²) in [5.41, 5.74) is 2.05. The monoisotopic (exact) mass is 411 g/mol. The van der Waals surface area contributed by atoms with E-state index in [1.54, 1.807) is 18.4 Å². The van der Waals surface area contributed by atoms with Crippen molar-refractivity contribution in [3.63, 3.8) is 0 Å². The molecule has 2 N–H and O–H groups in total. The Morgan fingerprint density at radius 1 is 1.32 bits per heavy atom. The number of aliphatic imine (C=N–C) groups is 1. The van der Waals surface area contributed by atoms with Crippen molar-refractivity contribution in [1.82, 2.24) is 20.5 Å². The molecule has 28 heavy (non-hydrogen) atoms. The third kappa shape index (κ3) is 5.68. The molecule has 1 aromatic heterocycles. The number of aromatic nitrogens is 1. The number of hydrogen-bond donors (Lipinski definition) is 2. The average molecular weight is 411 g/mol. The molecule has 2 heterocycles. The molecule has 5 nitrogen and oxygen atoms in total. The summed E-state index contributed by atoms with van der Waals surface area (Å²) in [4.78, 5) is 11.4. The number of likely N-dealkylation sites (tertiary alicyclic amines) is 1. The van der Waals surface area contributed by atoms with Gasteiger partial charge in [0.1, 0.15) is 5.01 Å². The van der Waals surface area contributed by atoms with Crippen molar-refractivity contribution in [2.75, 3.05) is 26.7 Å². The summed E-state index contributed by atoms with van der Waals surface area (Å²) < 4.78 is 37.6. The van der Waals surface area contributed by atoms with Crippen LogP contribution in [0.3, 0.4) is 0 Å². The SMILES string of the molecule is CN=C(NCc1sc(-c2ccccc2)nc1C)NC1CCN(CC(F)(F)F)C1. The minimum absolute atomic E-state index is 0.0454. The van der Waals surface area contributed by atoms with Gasteiger partial charge < -0.3 is 10.6 Å². The van der Waals surface area contributed by atoms with Crippen molar-refractivity contribution >= 4 is 17.3 Å². The van der Waals surface area contributed by atoms with Gasteiger partial charge >= 0.3 is 6.18 Å². The summed E-state index contributed by atoms with van der Waals surface area (Å²) in [6.45, 7) is 2.47. The van der Waals surface area contributed by atoms with Crippen LogP contribution in [-0.4, -0.2) is 54.7 Å². The molecule has 1 aliphatic rings. The fourth-order valence-corrected chi connectivity index (χ4v) is 4.20.